The van der Waals surface area contributed by atoms with Gasteiger partial charge in [-0.1, -0.05) is 54.2 Å². The van der Waals surface area contributed by atoms with Gasteiger partial charge in [-0.25, -0.2) is 0 Å². The molecular formula is C22H23N5S. The standard InChI is InChI=1S/C22H23N5S/c23-14-18-8-10-20(11-9-18)17-28-22-25-24-21(16-26-12-4-5-13-26)27(22)15-19-6-2-1-3-7-19/h1-3,6-11H,4-5,12-13,15-17H2. The van der Waals surface area contributed by atoms with Crippen molar-refractivity contribution in [3.8, 4) is 6.07 Å². The van der Waals surface area contributed by atoms with Crippen molar-refractivity contribution in [1.29, 1.82) is 5.26 Å². The maximum absolute atomic E-state index is 8.95. The van der Waals surface area contributed by atoms with Crippen molar-refractivity contribution in [3.63, 3.8) is 0 Å². The van der Waals surface area contributed by atoms with Crippen LogP contribution in [0.25, 0.3) is 0 Å². The van der Waals surface area contributed by atoms with Gasteiger partial charge in [-0.3, -0.25) is 4.90 Å². The number of hydrogen-bond acceptors (Lipinski definition) is 5. The van der Waals surface area contributed by atoms with E-state index in [9.17, 15) is 0 Å². The van der Waals surface area contributed by atoms with Gasteiger partial charge in [0.15, 0.2) is 5.16 Å². The number of likely N-dealkylation sites (tertiary alicyclic amines) is 1. The summed E-state index contributed by atoms with van der Waals surface area (Å²) >= 11 is 1.70. The van der Waals surface area contributed by atoms with Crippen LogP contribution in [0.3, 0.4) is 0 Å². The summed E-state index contributed by atoms with van der Waals surface area (Å²) in [5.74, 6) is 1.84. The molecule has 2 heterocycles. The van der Waals surface area contributed by atoms with E-state index in [0.29, 0.717) is 5.56 Å². The minimum Gasteiger partial charge on any atom is -0.300 e. The minimum absolute atomic E-state index is 0.689. The zero-order chi connectivity index (χ0) is 19.2. The van der Waals surface area contributed by atoms with Crippen LogP contribution in [0.4, 0.5) is 0 Å². The van der Waals surface area contributed by atoms with Gasteiger partial charge in [0.2, 0.25) is 0 Å². The molecule has 1 aliphatic heterocycles. The first-order valence-corrected chi connectivity index (χ1v) is 10.6. The van der Waals surface area contributed by atoms with Crippen molar-refractivity contribution in [1.82, 2.24) is 19.7 Å². The summed E-state index contributed by atoms with van der Waals surface area (Å²) in [7, 11) is 0. The van der Waals surface area contributed by atoms with Crippen LogP contribution in [0.5, 0.6) is 0 Å². The number of aromatic nitrogens is 3. The van der Waals surface area contributed by atoms with E-state index in [1.54, 1.807) is 11.8 Å². The van der Waals surface area contributed by atoms with Gasteiger partial charge in [-0.2, -0.15) is 5.26 Å². The normalized spacial score (nSPS) is 14.2. The Morgan fingerprint density at radius 2 is 1.64 bits per heavy atom. The molecule has 28 heavy (non-hydrogen) atoms. The lowest BCUT2D eigenvalue weighted by Gasteiger charge is -2.16. The number of nitriles is 1. The topological polar surface area (TPSA) is 57.7 Å². The van der Waals surface area contributed by atoms with Gasteiger partial charge < -0.3 is 4.57 Å². The lowest BCUT2D eigenvalue weighted by Crippen LogP contribution is -2.21. The third-order valence-electron chi connectivity index (χ3n) is 4.99. The van der Waals surface area contributed by atoms with Gasteiger partial charge in [0.25, 0.3) is 0 Å². The number of hydrogen-bond donors (Lipinski definition) is 0. The highest BCUT2D eigenvalue weighted by atomic mass is 32.2. The van der Waals surface area contributed by atoms with E-state index in [1.165, 1.54) is 24.0 Å². The summed E-state index contributed by atoms with van der Waals surface area (Å²) in [4.78, 5) is 2.46. The Morgan fingerprint density at radius 1 is 0.893 bits per heavy atom. The molecule has 3 aromatic rings. The minimum atomic E-state index is 0.689. The van der Waals surface area contributed by atoms with Crippen molar-refractivity contribution in [2.75, 3.05) is 13.1 Å². The Bertz CT molecular complexity index is 937. The molecule has 1 aliphatic rings. The molecule has 0 aliphatic carbocycles. The molecule has 0 N–H and O–H groups in total. The van der Waals surface area contributed by atoms with Gasteiger partial charge in [0, 0.05) is 5.75 Å². The molecule has 5 nitrogen and oxygen atoms in total. The summed E-state index contributed by atoms with van der Waals surface area (Å²) < 4.78 is 2.25. The molecule has 6 heteroatoms. The van der Waals surface area contributed by atoms with Crippen LogP contribution in [-0.4, -0.2) is 32.8 Å². The average Bonchev–Trinajstić information content (AvgIpc) is 3.39. The second kappa shape index (κ2) is 9.05. The summed E-state index contributed by atoms with van der Waals surface area (Å²) in [6.07, 6.45) is 2.54. The van der Waals surface area contributed by atoms with E-state index in [4.69, 9.17) is 5.26 Å². The number of thioether (sulfide) groups is 1. The molecule has 0 bridgehead atoms. The third kappa shape index (κ3) is 4.61. The molecular weight excluding hydrogens is 366 g/mol. The molecule has 1 aromatic heterocycles. The smallest absolute Gasteiger partial charge is 0.191 e. The monoisotopic (exact) mass is 389 g/mol. The van der Waals surface area contributed by atoms with E-state index >= 15 is 0 Å². The molecule has 2 aromatic carbocycles. The van der Waals surface area contributed by atoms with Crippen LogP contribution in [-0.2, 0) is 18.8 Å². The number of nitrogens with zero attached hydrogens (tertiary/aromatic N) is 5. The molecule has 142 valence electrons. The van der Waals surface area contributed by atoms with Gasteiger partial charge in [-0.05, 0) is 49.2 Å². The second-order valence-electron chi connectivity index (χ2n) is 7.05. The predicted octanol–water partition coefficient (Wildman–Crippen LogP) is 4.09. The van der Waals surface area contributed by atoms with Gasteiger partial charge in [0.1, 0.15) is 5.82 Å². The summed E-state index contributed by atoms with van der Waals surface area (Å²) in [5, 5.41) is 18.9. The summed E-state index contributed by atoms with van der Waals surface area (Å²) in [6, 6.07) is 20.4. The first-order chi connectivity index (χ1) is 13.8. The zero-order valence-corrected chi connectivity index (χ0v) is 16.6. The van der Waals surface area contributed by atoms with Gasteiger partial charge in [0.05, 0.1) is 24.7 Å². The fraction of sp³-hybridized carbons (Fsp3) is 0.318. The Morgan fingerprint density at radius 3 is 2.36 bits per heavy atom. The van der Waals surface area contributed by atoms with Crippen molar-refractivity contribution in [2.45, 2.75) is 36.8 Å². The zero-order valence-electron chi connectivity index (χ0n) is 15.8. The van der Waals surface area contributed by atoms with E-state index < -0.39 is 0 Å². The molecule has 0 radical (unpaired) electrons. The average molecular weight is 390 g/mol. The molecule has 4 rings (SSSR count). The van der Waals surface area contributed by atoms with Crippen LogP contribution < -0.4 is 0 Å². The third-order valence-corrected chi connectivity index (χ3v) is 6.03. The van der Waals surface area contributed by atoms with Crippen LogP contribution >= 0.6 is 11.8 Å². The van der Waals surface area contributed by atoms with Gasteiger partial charge >= 0.3 is 0 Å². The van der Waals surface area contributed by atoms with Crippen molar-refractivity contribution < 1.29 is 0 Å². The second-order valence-corrected chi connectivity index (χ2v) is 7.99. The van der Waals surface area contributed by atoms with Crippen LogP contribution in [0.1, 0.15) is 35.4 Å². The first kappa shape index (κ1) is 18.7. The Labute approximate surface area is 170 Å². The SMILES string of the molecule is N#Cc1ccc(CSc2nnc(CN3CCCC3)n2Cc2ccccc2)cc1. The summed E-state index contributed by atoms with van der Waals surface area (Å²) in [5.41, 5.74) is 3.12. The largest absolute Gasteiger partial charge is 0.300 e. The van der Waals surface area contributed by atoms with Crippen LogP contribution in [0.2, 0.25) is 0 Å². The van der Waals surface area contributed by atoms with Crippen molar-refractivity contribution in [2.24, 2.45) is 0 Å². The highest BCUT2D eigenvalue weighted by Gasteiger charge is 2.18. The lowest BCUT2D eigenvalue weighted by atomic mass is 10.2. The molecule has 0 atom stereocenters. The molecule has 0 unspecified atom stereocenters. The molecule has 0 amide bonds. The van der Waals surface area contributed by atoms with Crippen molar-refractivity contribution in [3.05, 3.63) is 77.1 Å². The fourth-order valence-corrected chi connectivity index (χ4v) is 4.34. The van der Waals surface area contributed by atoms with Crippen LogP contribution in [0.15, 0.2) is 59.8 Å². The van der Waals surface area contributed by atoms with Crippen molar-refractivity contribution >= 4 is 11.8 Å². The van der Waals surface area contributed by atoms with E-state index in [1.807, 2.05) is 30.3 Å². The Hall–Kier alpha value is -2.62. The fourth-order valence-electron chi connectivity index (χ4n) is 3.43. The van der Waals surface area contributed by atoms with E-state index in [-0.39, 0.29) is 0 Å². The molecule has 0 saturated carbocycles. The number of rotatable bonds is 7. The quantitative estimate of drug-likeness (QED) is 0.570. The Kier molecular flexibility index (Phi) is 6.05. The maximum Gasteiger partial charge on any atom is 0.191 e. The van der Waals surface area contributed by atoms with E-state index in [2.05, 4.69) is 50.0 Å². The Balaban J connectivity index is 1.52. The highest BCUT2D eigenvalue weighted by Crippen LogP contribution is 2.24. The van der Waals surface area contributed by atoms with E-state index in [0.717, 1.165) is 42.9 Å². The maximum atomic E-state index is 8.95. The lowest BCUT2D eigenvalue weighted by molar-refractivity contribution is 0.316. The molecule has 1 fully saturated rings. The first-order valence-electron chi connectivity index (χ1n) is 9.62. The summed E-state index contributed by atoms with van der Waals surface area (Å²) in [6.45, 7) is 3.93. The highest BCUT2D eigenvalue weighted by molar-refractivity contribution is 7.98. The molecule has 0 spiro atoms. The predicted molar refractivity (Wildman–Crippen MR) is 111 cm³/mol. The van der Waals surface area contributed by atoms with Gasteiger partial charge in [-0.15, -0.1) is 10.2 Å². The molecule has 1 saturated heterocycles. The number of benzene rings is 2. The van der Waals surface area contributed by atoms with Crippen LogP contribution in [0, 0.1) is 11.3 Å².